The van der Waals surface area contributed by atoms with Crippen LogP contribution >= 0.6 is 11.6 Å². The molecule has 1 aliphatic rings. The Hall–Kier alpha value is -1.21. The zero-order valence-electron chi connectivity index (χ0n) is 11.7. The Bertz CT molecular complexity index is 481. The predicted octanol–water partition coefficient (Wildman–Crippen LogP) is 1.34. The third-order valence-electron chi connectivity index (χ3n) is 3.20. The molecule has 0 radical (unpaired) electrons. The number of ether oxygens (including phenoxy) is 1. The van der Waals surface area contributed by atoms with Crippen LogP contribution in [0.25, 0.3) is 0 Å². The third-order valence-corrected chi connectivity index (χ3v) is 3.49. The topological polar surface area (TPSA) is 53.6 Å². The van der Waals surface area contributed by atoms with Crippen LogP contribution < -0.4 is 10.6 Å². The molecule has 2 N–H and O–H groups in total. The van der Waals surface area contributed by atoms with E-state index in [4.69, 9.17) is 16.3 Å². The lowest BCUT2D eigenvalue weighted by atomic mass is 10.3. The highest BCUT2D eigenvalue weighted by molar-refractivity contribution is 6.31. The molecule has 0 spiro atoms. The number of nitrogens with one attached hydrogen (secondary N) is 2. The summed E-state index contributed by atoms with van der Waals surface area (Å²) in [5.41, 5.74) is 0.487. The second-order valence-corrected chi connectivity index (χ2v) is 5.22. The van der Waals surface area contributed by atoms with Gasteiger partial charge in [-0.05, 0) is 18.2 Å². The maximum atomic E-state index is 13.0. The Morgan fingerprint density at radius 3 is 2.86 bits per heavy atom. The molecular formula is C14H19ClFN3O2. The number of hydrogen-bond donors (Lipinski definition) is 2. The van der Waals surface area contributed by atoms with Crippen LogP contribution in [0.1, 0.15) is 0 Å². The molecule has 1 aromatic rings. The highest BCUT2D eigenvalue weighted by atomic mass is 35.5. The Balaban J connectivity index is 1.63. The SMILES string of the molecule is O=C(CNCCN1CCOCC1)Nc1ccc(F)c(Cl)c1. The van der Waals surface area contributed by atoms with Gasteiger partial charge in [-0.3, -0.25) is 9.69 Å². The molecule has 116 valence electrons. The number of halogens is 2. The fourth-order valence-electron chi connectivity index (χ4n) is 2.04. The van der Waals surface area contributed by atoms with Crippen LogP contribution in [0.2, 0.25) is 5.02 Å². The van der Waals surface area contributed by atoms with Gasteiger partial charge in [0.25, 0.3) is 0 Å². The van der Waals surface area contributed by atoms with Crippen molar-refractivity contribution in [1.29, 1.82) is 0 Å². The zero-order chi connectivity index (χ0) is 15.1. The molecule has 0 bridgehead atoms. The van der Waals surface area contributed by atoms with Crippen molar-refractivity contribution >= 4 is 23.2 Å². The molecule has 1 amide bonds. The fraction of sp³-hybridized carbons (Fsp3) is 0.500. The molecule has 2 rings (SSSR count). The average molecular weight is 316 g/mol. The highest BCUT2D eigenvalue weighted by Crippen LogP contribution is 2.19. The van der Waals surface area contributed by atoms with Crippen molar-refractivity contribution in [3.63, 3.8) is 0 Å². The number of rotatable bonds is 6. The summed E-state index contributed by atoms with van der Waals surface area (Å²) in [6.07, 6.45) is 0. The van der Waals surface area contributed by atoms with Gasteiger partial charge in [-0.1, -0.05) is 11.6 Å². The van der Waals surface area contributed by atoms with E-state index in [1.54, 1.807) is 0 Å². The molecule has 21 heavy (non-hydrogen) atoms. The first kappa shape index (κ1) is 16.2. The molecule has 7 heteroatoms. The molecule has 0 unspecified atom stereocenters. The molecular weight excluding hydrogens is 297 g/mol. The first-order valence-corrected chi connectivity index (χ1v) is 7.28. The van der Waals surface area contributed by atoms with Crippen LogP contribution in [0.4, 0.5) is 10.1 Å². The normalized spacial score (nSPS) is 15.9. The molecule has 1 fully saturated rings. The first-order valence-electron chi connectivity index (χ1n) is 6.91. The number of morpholine rings is 1. The van der Waals surface area contributed by atoms with Crippen LogP contribution in [-0.4, -0.2) is 56.7 Å². The Morgan fingerprint density at radius 2 is 2.14 bits per heavy atom. The van der Waals surface area contributed by atoms with Gasteiger partial charge in [0.15, 0.2) is 0 Å². The van der Waals surface area contributed by atoms with Gasteiger partial charge in [-0.2, -0.15) is 0 Å². The van der Waals surface area contributed by atoms with E-state index in [2.05, 4.69) is 15.5 Å². The number of benzene rings is 1. The summed E-state index contributed by atoms with van der Waals surface area (Å²) < 4.78 is 18.3. The Kier molecular flexibility index (Phi) is 6.38. The van der Waals surface area contributed by atoms with Gasteiger partial charge in [-0.25, -0.2) is 4.39 Å². The van der Waals surface area contributed by atoms with E-state index in [1.165, 1.54) is 18.2 Å². The van der Waals surface area contributed by atoms with Crippen molar-refractivity contribution < 1.29 is 13.9 Å². The van der Waals surface area contributed by atoms with E-state index in [-0.39, 0.29) is 17.5 Å². The minimum atomic E-state index is -0.502. The molecule has 1 aliphatic heterocycles. The van der Waals surface area contributed by atoms with Crippen molar-refractivity contribution in [2.75, 3.05) is 51.3 Å². The highest BCUT2D eigenvalue weighted by Gasteiger charge is 2.10. The zero-order valence-corrected chi connectivity index (χ0v) is 12.5. The molecule has 1 aromatic carbocycles. The molecule has 0 aliphatic carbocycles. The van der Waals surface area contributed by atoms with Crippen molar-refractivity contribution in [3.8, 4) is 0 Å². The van der Waals surface area contributed by atoms with E-state index in [1.807, 2.05) is 0 Å². The summed E-state index contributed by atoms with van der Waals surface area (Å²) in [4.78, 5) is 14.0. The summed E-state index contributed by atoms with van der Waals surface area (Å²) in [7, 11) is 0. The maximum absolute atomic E-state index is 13.0. The van der Waals surface area contributed by atoms with Crippen molar-refractivity contribution in [3.05, 3.63) is 29.0 Å². The summed E-state index contributed by atoms with van der Waals surface area (Å²) in [6, 6.07) is 4.10. The summed E-state index contributed by atoms with van der Waals surface area (Å²) in [5, 5.41) is 5.73. The molecule has 0 atom stereocenters. The Labute approximate surface area is 128 Å². The summed E-state index contributed by atoms with van der Waals surface area (Å²) >= 11 is 5.65. The number of anilines is 1. The maximum Gasteiger partial charge on any atom is 0.238 e. The minimum absolute atomic E-state index is 0.00641. The summed E-state index contributed by atoms with van der Waals surface area (Å²) in [6.45, 7) is 5.23. The van der Waals surface area contributed by atoms with Crippen LogP contribution in [0, 0.1) is 5.82 Å². The second kappa shape index (κ2) is 8.29. The number of nitrogens with zero attached hydrogens (tertiary/aromatic N) is 1. The lowest BCUT2D eigenvalue weighted by Crippen LogP contribution is -2.41. The van der Waals surface area contributed by atoms with Gasteiger partial charge in [0.05, 0.1) is 24.8 Å². The van der Waals surface area contributed by atoms with Crippen molar-refractivity contribution in [1.82, 2.24) is 10.2 Å². The molecule has 5 nitrogen and oxygen atoms in total. The lowest BCUT2D eigenvalue weighted by Gasteiger charge is -2.26. The standard InChI is InChI=1S/C14H19ClFN3O2/c15-12-9-11(1-2-13(12)16)18-14(20)10-17-3-4-19-5-7-21-8-6-19/h1-2,9,17H,3-8,10H2,(H,18,20). The molecule has 0 saturated carbocycles. The van der Waals surface area contributed by atoms with E-state index in [0.717, 1.165) is 39.4 Å². The third kappa shape index (κ3) is 5.59. The van der Waals surface area contributed by atoms with Gasteiger partial charge in [-0.15, -0.1) is 0 Å². The Morgan fingerprint density at radius 1 is 1.38 bits per heavy atom. The smallest absolute Gasteiger partial charge is 0.238 e. The van der Waals surface area contributed by atoms with Gasteiger partial charge >= 0.3 is 0 Å². The summed E-state index contributed by atoms with van der Waals surface area (Å²) in [5.74, 6) is -0.682. The number of amides is 1. The average Bonchev–Trinajstić information content (AvgIpc) is 2.49. The van der Waals surface area contributed by atoms with E-state index in [9.17, 15) is 9.18 Å². The fourth-order valence-corrected chi connectivity index (χ4v) is 2.22. The van der Waals surface area contributed by atoms with Gasteiger partial charge in [0.1, 0.15) is 5.82 Å². The predicted molar refractivity (Wildman–Crippen MR) is 80.2 cm³/mol. The quantitative estimate of drug-likeness (QED) is 0.778. The molecule has 1 heterocycles. The van der Waals surface area contributed by atoms with Crippen LogP contribution in [0.15, 0.2) is 18.2 Å². The van der Waals surface area contributed by atoms with E-state index >= 15 is 0 Å². The molecule has 1 saturated heterocycles. The van der Waals surface area contributed by atoms with Crippen LogP contribution in [-0.2, 0) is 9.53 Å². The first-order chi connectivity index (χ1) is 10.1. The van der Waals surface area contributed by atoms with Crippen LogP contribution in [0.5, 0.6) is 0 Å². The van der Waals surface area contributed by atoms with Gasteiger partial charge < -0.3 is 15.4 Å². The molecule has 0 aromatic heterocycles. The van der Waals surface area contributed by atoms with Crippen molar-refractivity contribution in [2.24, 2.45) is 0 Å². The van der Waals surface area contributed by atoms with Gasteiger partial charge in [0.2, 0.25) is 5.91 Å². The monoisotopic (exact) mass is 315 g/mol. The lowest BCUT2D eigenvalue weighted by molar-refractivity contribution is -0.115. The van der Waals surface area contributed by atoms with Crippen molar-refractivity contribution in [2.45, 2.75) is 0 Å². The van der Waals surface area contributed by atoms with Gasteiger partial charge in [0, 0.05) is 31.9 Å². The van der Waals surface area contributed by atoms with Crippen LogP contribution in [0.3, 0.4) is 0 Å². The largest absolute Gasteiger partial charge is 0.379 e. The minimum Gasteiger partial charge on any atom is -0.379 e. The number of carbonyl (C=O) groups excluding carboxylic acids is 1. The number of hydrogen-bond acceptors (Lipinski definition) is 4. The second-order valence-electron chi connectivity index (χ2n) is 4.81. The number of carbonyl (C=O) groups is 1. The van der Waals surface area contributed by atoms with E-state index in [0.29, 0.717) is 5.69 Å². The van der Waals surface area contributed by atoms with E-state index < -0.39 is 5.82 Å².